The van der Waals surface area contributed by atoms with Crippen molar-refractivity contribution in [2.45, 2.75) is 158 Å². The molecule has 0 aliphatic heterocycles. The molecule has 5 nitrogen and oxygen atoms in total. The molecular weight excluding hydrogens is 963 g/mol. The molecule has 78 heavy (non-hydrogen) atoms. The lowest BCUT2D eigenvalue weighted by molar-refractivity contribution is 0.479. The molecule has 0 amide bonds. The number of pyridine rings is 1. The maximum atomic E-state index is 16.5. The molecule has 0 fully saturated rings. The fraction of sp³-hybridized carbons (Fsp3) is 0.338. The Morgan fingerprint density at radius 2 is 0.923 bits per heavy atom. The number of rotatable bonds is 13. The van der Waals surface area contributed by atoms with E-state index in [1.54, 1.807) is 0 Å². The van der Waals surface area contributed by atoms with Gasteiger partial charge in [0.05, 0.1) is 28.1 Å². The van der Waals surface area contributed by atoms with Gasteiger partial charge in [0.25, 0.3) is 0 Å². The third kappa shape index (κ3) is 11.2. The Labute approximate surface area is 463 Å². The van der Waals surface area contributed by atoms with Crippen molar-refractivity contribution in [1.82, 2.24) is 9.55 Å². The molecule has 0 radical (unpaired) electrons. The molecule has 0 saturated carbocycles. The quantitative estimate of drug-likeness (QED) is 0.121. The van der Waals surface area contributed by atoms with Crippen LogP contribution in [0.2, 0.25) is 0 Å². The van der Waals surface area contributed by atoms with Crippen molar-refractivity contribution < 1.29 is 13.5 Å². The third-order valence-corrected chi connectivity index (χ3v) is 15.3. The van der Waals surface area contributed by atoms with E-state index < -0.39 is 0 Å². The molecule has 2 aromatic heterocycles. The number of hydrogen-bond acceptors (Lipinski definition) is 4. The van der Waals surface area contributed by atoms with Gasteiger partial charge in [-0.2, -0.15) is 0 Å². The number of benzene rings is 7. The summed E-state index contributed by atoms with van der Waals surface area (Å²) in [5.41, 5.74) is 14.8. The fourth-order valence-corrected chi connectivity index (χ4v) is 10.6. The second kappa shape index (κ2) is 21.2. The predicted molar refractivity (Wildman–Crippen MR) is 328 cm³/mol. The maximum absolute atomic E-state index is 16.5. The van der Waals surface area contributed by atoms with Gasteiger partial charge in [-0.25, -0.2) is 13.8 Å². The number of anilines is 4. The number of ether oxygens (including phenoxy) is 1. The summed E-state index contributed by atoms with van der Waals surface area (Å²) in [5.74, 6) is 1.78. The van der Waals surface area contributed by atoms with E-state index >= 15 is 8.78 Å². The molecule has 7 heteroatoms. The molecule has 404 valence electrons. The van der Waals surface area contributed by atoms with Gasteiger partial charge in [0.1, 0.15) is 29.0 Å². The van der Waals surface area contributed by atoms with Gasteiger partial charge in [-0.3, -0.25) is 4.57 Å². The van der Waals surface area contributed by atoms with Crippen molar-refractivity contribution in [3.8, 4) is 39.6 Å². The molecule has 7 aromatic carbocycles. The molecular formula is C71H80F2N4O. The van der Waals surface area contributed by atoms with Crippen molar-refractivity contribution in [2.24, 2.45) is 0 Å². The zero-order valence-electron chi connectivity index (χ0n) is 49.1. The van der Waals surface area contributed by atoms with Crippen molar-refractivity contribution in [3.63, 3.8) is 0 Å². The highest BCUT2D eigenvalue weighted by molar-refractivity contribution is 6.09. The zero-order valence-corrected chi connectivity index (χ0v) is 49.1. The van der Waals surface area contributed by atoms with Crippen LogP contribution in [-0.2, 0) is 16.2 Å². The van der Waals surface area contributed by atoms with Crippen molar-refractivity contribution >= 4 is 44.6 Å². The van der Waals surface area contributed by atoms with E-state index in [1.807, 2.05) is 42.6 Å². The van der Waals surface area contributed by atoms with Crippen LogP contribution in [0.1, 0.15) is 180 Å². The molecule has 0 aliphatic carbocycles. The normalized spacial score (nSPS) is 12.5. The highest BCUT2D eigenvalue weighted by Crippen LogP contribution is 2.47. The highest BCUT2D eigenvalue weighted by atomic mass is 19.1. The Kier molecular flexibility index (Phi) is 15.1. The summed E-state index contributed by atoms with van der Waals surface area (Å²) in [7, 11) is 0. The first-order valence-corrected chi connectivity index (χ1v) is 28.0. The predicted octanol–water partition coefficient (Wildman–Crippen LogP) is 21.5. The number of fused-ring (bicyclic) bond motifs is 3. The second-order valence-electron chi connectivity index (χ2n) is 25.8. The summed E-state index contributed by atoms with van der Waals surface area (Å²) in [5, 5.41) is 10.1. The first kappa shape index (κ1) is 55.5. The molecule has 9 rings (SSSR count). The lowest BCUT2D eigenvalue weighted by Gasteiger charge is -2.27. The molecule has 0 atom stereocenters. The van der Waals surface area contributed by atoms with E-state index in [4.69, 9.17) is 9.72 Å². The van der Waals surface area contributed by atoms with Gasteiger partial charge in [-0.1, -0.05) is 148 Å². The van der Waals surface area contributed by atoms with E-state index in [2.05, 4.69) is 230 Å². The number of nitrogens with one attached hydrogen (secondary N) is 2. The Morgan fingerprint density at radius 3 is 1.44 bits per heavy atom. The monoisotopic (exact) mass is 1040 g/mol. The summed E-state index contributed by atoms with van der Waals surface area (Å²) in [4.78, 5) is 4.91. The smallest absolute Gasteiger partial charge is 0.137 e. The Balaban J connectivity index is 1.19. The molecule has 2 N–H and O–H groups in total. The first-order chi connectivity index (χ1) is 36.7. The van der Waals surface area contributed by atoms with Crippen LogP contribution in [0.3, 0.4) is 0 Å². The van der Waals surface area contributed by atoms with E-state index in [9.17, 15) is 0 Å². The van der Waals surface area contributed by atoms with E-state index in [1.165, 1.54) is 5.56 Å². The number of para-hydroxylation sites is 3. The van der Waals surface area contributed by atoms with Gasteiger partial charge in [0, 0.05) is 45.9 Å². The van der Waals surface area contributed by atoms with Crippen LogP contribution in [0.4, 0.5) is 31.5 Å². The minimum Gasteiger partial charge on any atom is -0.457 e. The Hall–Kier alpha value is -7.25. The van der Waals surface area contributed by atoms with Gasteiger partial charge in [-0.05, 0) is 181 Å². The van der Waals surface area contributed by atoms with Gasteiger partial charge >= 0.3 is 0 Å². The molecule has 9 aromatic rings. The summed E-state index contributed by atoms with van der Waals surface area (Å²) < 4.78 is 42.1. The second-order valence-corrected chi connectivity index (χ2v) is 25.8. The Morgan fingerprint density at radius 1 is 0.449 bits per heavy atom. The molecule has 0 unspecified atom stereocenters. The molecule has 0 saturated heterocycles. The average Bonchev–Trinajstić information content (AvgIpc) is 3.70. The summed E-state index contributed by atoms with van der Waals surface area (Å²) >= 11 is 0. The third-order valence-electron chi connectivity index (χ3n) is 15.3. The zero-order chi connectivity index (χ0) is 56.3. The van der Waals surface area contributed by atoms with Crippen molar-refractivity contribution in [1.29, 1.82) is 0 Å². The van der Waals surface area contributed by atoms with Gasteiger partial charge < -0.3 is 15.4 Å². The van der Waals surface area contributed by atoms with Crippen LogP contribution in [0.25, 0.3) is 49.9 Å². The summed E-state index contributed by atoms with van der Waals surface area (Å²) in [6.07, 6.45) is 1.91. The van der Waals surface area contributed by atoms with Crippen LogP contribution in [0.15, 0.2) is 140 Å². The summed E-state index contributed by atoms with van der Waals surface area (Å²) in [6.45, 7) is 36.4. The van der Waals surface area contributed by atoms with E-state index in [0.29, 0.717) is 33.8 Å². The lowest BCUT2D eigenvalue weighted by atomic mass is 9.80. The van der Waals surface area contributed by atoms with Gasteiger partial charge in [-0.15, -0.1) is 0 Å². The van der Waals surface area contributed by atoms with E-state index in [-0.39, 0.29) is 51.6 Å². The van der Waals surface area contributed by atoms with Crippen molar-refractivity contribution in [2.75, 3.05) is 10.6 Å². The highest BCUT2D eigenvalue weighted by Gasteiger charge is 2.27. The number of halogens is 2. The topological polar surface area (TPSA) is 51.1 Å². The maximum Gasteiger partial charge on any atom is 0.137 e. The largest absolute Gasteiger partial charge is 0.457 e. The van der Waals surface area contributed by atoms with Gasteiger partial charge in [0.2, 0.25) is 0 Å². The van der Waals surface area contributed by atoms with Crippen LogP contribution in [0.5, 0.6) is 11.5 Å². The molecule has 0 aliphatic rings. The standard InChI is InChI=1S/C71H80F2N4O/c1-41(2)55-30-45(31-56(42(3)4)66(55)72)59-36-49(71(15,16)17)37-60(46-32-57(43(5)6)67(73)58(33-46)44(7)8)68(59)76-62-24-20-19-23-61(62)75-50-34-48(70(12,13)14)35-52(39-50)78-51-26-27-54-53-22-18-21-25-63(53)77(64(54)40-51)65-38-47(28-29-74-65)69(9,10)11/h18-44,75-76H,1-17H3. The minimum atomic E-state index is -0.262. The SMILES string of the molecule is CC(C)c1cc(-c2cc(C(C)(C)C)cc(-c3cc(C(C)C)c(F)c(C(C)C)c3)c2Nc2ccccc2Nc2cc(Oc3ccc4c5ccccc5n(-c5cc(C(C)(C)C)ccn5)c4c3)cc(C(C)(C)C)c2)cc(C(C)C)c1F. The average molecular weight is 1040 g/mol. The van der Waals surface area contributed by atoms with Gasteiger partial charge in [0.15, 0.2) is 0 Å². The first-order valence-electron chi connectivity index (χ1n) is 28.0. The van der Waals surface area contributed by atoms with Crippen molar-refractivity contribution in [3.05, 3.63) is 190 Å². The number of hydrogen-bond donors (Lipinski definition) is 2. The van der Waals surface area contributed by atoms with E-state index in [0.717, 1.165) is 83.8 Å². The lowest BCUT2D eigenvalue weighted by Crippen LogP contribution is -2.13. The van der Waals surface area contributed by atoms with Crippen LogP contribution in [-0.4, -0.2) is 9.55 Å². The molecule has 0 bridgehead atoms. The minimum absolute atomic E-state index is 0.0471. The molecule has 2 heterocycles. The van der Waals surface area contributed by atoms with Crippen LogP contribution < -0.4 is 15.4 Å². The fourth-order valence-electron chi connectivity index (χ4n) is 10.6. The number of aromatic nitrogens is 2. The number of nitrogens with zero attached hydrogens (tertiary/aromatic N) is 2. The molecule has 0 spiro atoms. The van der Waals surface area contributed by atoms with Crippen LogP contribution in [0, 0.1) is 11.6 Å². The van der Waals surface area contributed by atoms with Crippen LogP contribution >= 0.6 is 0 Å². The summed E-state index contributed by atoms with van der Waals surface area (Å²) in [6, 6.07) is 46.5. The Bertz CT molecular complexity index is 3560.